The molecule has 0 heterocycles. The van der Waals surface area contributed by atoms with Gasteiger partial charge in [-0.25, -0.2) is 4.79 Å². The van der Waals surface area contributed by atoms with Crippen LogP contribution in [0.4, 0.5) is 4.79 Å². The van der Waals surface area contributed by atoms with E-state index in [9.17, 15) is 9.59 Å². The van der Waals surface area contributed by atoms with Crippen LogP contribution in [0.25, 0.3) is 0 Å². The molecule has 0 bridgehead atoms. The van der Waals surface area contributed by atoms with Gasteiger partial charge in [-0.2, -0.15) is 0 Å². The number of carbonyl (C=O) groups excluding carboxylic acids is 2. The number of hydrogen-bond acceptors (Lipinski definition) is 3. The maximum Gasteiger partial charge on any atom is 0.416 e. The van der Waals surface area contributed by atoms with Crippen LogP contribution in [-0.4, -0.2) is 29.5 Å². The van der Waals surface area contributed by atoms with Crippen LogP contribution in [0.3, 0.4) is 0 Å². The van der Waals surface area contributed by atoms with Crippen molar-refractivity contribution >= 4 is 12.5 Å². The quantitative estimate of drug-likeness (QED) is 0.406. The highest BCUT2D eigenvalue weighted by Gasteiger charge is 2.21. The molecule has 0 spiro atoms. The molecule has 4 nitrogen and oxygen atoms in total. The third kappa shape index (κ3) is 8.32. The lowest BCUT2D eigenvalue weighted by Gasteiger charge is -2.23. The van der Waals surface area contributed by atoms with Gasteiger partial charge in [0.25, 0.3) is 0 Å². The van der Waals surface area contributed by atoms with Crippen molar-refractivity contribution in [2.24, 2.45) is 0 Å². The summed E-state index contributed by atoms with van der Waals surface area (Å²) in [5.41, 5.74) is -0.582. The molecule has 0 unspecified atom stereocenters. The summed E-state index contributed by atoms with van der Waals surface area (Å²) in [5, 5.41) is 0. The zero-order valence-electron chi connectivity index (χ0n) is 10.9. The molecule has 0 saturated heterocycles. The van der Waals surface area contributed by atoms with E-state index in [1.807, 2.05) is 0 Å². The summed E-state index contributed by atoms with van der Waals surface area (Å²) in [5.74, 6) is 2.55. The summed E-state index contributed by atoms with van der Waals surface area (Å²) in [6.45, 7) is 5.67. The van der Waals surface area contributed by atoms with Crippen molar-refractivity contribution in [1.29, 1.82) is 0 Å². The van der Waals surface area contributed by atoms with Crippen LogP contribution in [0.2, 0.25) is 0 Å². The molecular formula is C13H21NO3. The molecule has 0 N–H and O–H groups in total. The molecule has 0 atom stereocenters. The van der Waals surface area contributed by atoms with Gasteiger partial charge in [0.1, 0.15) is 5.60 Å². The summed E-state index contributed by atoms with van der Waals surface area (Å²) in [6.07, 6.45) is 8.33. The minimum Gasteiger partial charge on any atom is -0.443 e. The van der Waals surface area contributed by atoms with Crippen molar-refractivity contribution in [2.75, 3.05) is 6.54 Å². The van der Waals surface area contributed by atoms with Crippen LogP contribution >= 0.6 is 0 Å². The first-order valence-electron chi connectivity index (χ1n) is 5.79. The zero-order valence-corrected chi connectivity index (χ0v) is 10.9. The second kappa shape index (κ2) is 7.72. The number of amides is 2. The van der Waals surface area contributed by atoms with Crippen LogP contribution in [0.1, 0.15) is 46.5 Å². The fraction of sp³-hybridized carbons (Fsp3) is 0.692. The Kier molecular flexibility index (Phi) is 7.04. The summed E-state index contributed by atoms with van der Waals surface area (Å²) >= 11 is 0. The molecule has 0 aliphatic heterocycles. The average Bonchev–Trinajstić information content (AvgIpc) is 2.20. The van der Waals surface area contributed by atoms with Gasteiger partial charge >= 0.3 is 6.09 Å². The number of terminal acetylenes is 1. The Morgan fingerprint density at radius 3 is 2.47 bits per heavy atom. The first-order valence-corrected chi connectivity index (χ1v) is 5.79. The minimum absolute atomic E-state index is 0.378. The Balaban J connectivity index is 3.95. The maximum absolute atomic E-state index is 11.5. The van der Waals surface area contributed by atoms with Gasteiger partial charge in [-0.3, -0.25) is 9.69 Å². The van der Waals surface area contributed by atoms with E-state index in [4.69, 9.17) is 11.2 Å². The van der Waals surface area contributed by atoms with Gasteiger partial charge < -0.3 is 4.74 Å². The Bertz CT molecular complexity index is 286. The highest BCUT2D eigenvalue weighted by atomic mass is 16.6. The Morgan fingerprint density at radius 2 is 2.00 bits per heavy atom. The van der Waals surface area contributed by atoms with Crippen LogP contribution in [0.5, 0.6) is 0 Å². The van der Waals surface area contributed by atoms with Crippen molar-refractivity contribution < 1.29 is 14.3 Å². The number of unbranched alkanes of at least 4 members (excludes halogenated alkanes) is 3. The molecular weight excluding hydrogens is 218 g/mol. The highest BCUT2D eigenvalue weighted by Crippen LogP contribution is 2.10. The van der Waals surface area contributed by atoms with Gasteiger partial charge in [0, 0.05) is 13.0 Å². The van der Waals surface area contributed by atoms with E-state index in [0.717, 1.165) is 30.6 Å². The van der Waals surface area contributed by atoms with Gasteiger partial charge in [-0.15, -0.1) is 12.3 Å². The predicted octanol–water partition coefficient (Wildman–Crippen LogP) is 2.57. The fourth-order valence-electron chi connectivity index (χ4n) is 1.19. The van der Waals surface area contributed by atoms with Crippen LogP contribution < -0.4 is 0 Å². The second-order valence-electron chi connectivity index (χ2n) is 4.79. The van der Waals surface area contributed by atoms with Crippen molar-refractivity contribution in [3.05, 3.63) is 0 Å². The third-order valence-corrected chi connectivity index (χ3v) is 1.98. The fourth-order valence-corrected chi connectivity index (χ4v) is 1.19. The second-order valence-corrected chi connectivity index (χ2v) is 4.79. The van der Waals surface area contributed by atoms with E-state index < -0.39 is 11.7 Å². The monoisotopic (exact) mass is 239 g/mol. The molecule has 0 aromatic rings. The molecule has 0 aliphatic carbocycles. The molecule has 96 valence electrons. The molecule has 0 saturated carbocycles. The number of rotatable bonds is 6. The Labute approximate surface area is 103 Å². The minimum atomic E-state index is -0.593. The first kappa shape index (κ1) is 15.5. The number of nitrogens with zero attached hydrogens (tertiary/aromatic N) is 1. The van der Waals surface area contributed by atoms with E-state index in [-0.39, 0.29) is 0 Å². The van der Waals surface area contributed by atoms with Crippen LogP contribution in [0, 0.1) is 12.3 Å². The smallest absolute Gasteiger partial charge is 0.416 e. The highest BCUT2D eigenvalue weighted by molar-refractivity contribution is 5.80. The number of ether oxygens (including phenoxy) is 1. The molecule has 0 aromatic carbocycles. The molecule has 0 fully saturated rings. The first-order chi connectivity index (χ1) is 7.90. The van der Waals surface area contributed by atoms with Gasteiger partial charge in [-0.1, -0.05) is 6.42 Å². The molecule has 0 rings (SSSR count). The SMILES string of the molecule is C#CCCCCCN(C=O)C(=O)OC(C)(C)C. The molecule has 2 amide bonds. The third-order valence-electron chi connectivity index (χ3n) is 1.98. The van der Waals surface area contributed by atoms with Crippen LogP contribution in [-0.2, 0) is 9.53 Å². The molecule has 0 radical (unpaired) electrons. The van der Waals surface area contributed by atoms with Crippen molar-refractivity contribution in [3.63, 3.8) is 0 Å². The van der Waals surface area contributed by atoms with E-state index in [1.165, 1.54) is 0 Å². The number of imide groups is 1. The number of carbonyl (C=O) groups is 2. The lowest BCUT2D eigenvalue weighted by atomic mass is 10.2. The van der Waals surface area contributed by atoms with Gasteiger partial charge in [0.05, 0.1) is 0 Å². The topological polar surface area (TPSA) is 46.6 Å². The standard InChI is InChI=1S/C13H21NO3/c1-5-6-7-8-9-10-14(11-15)12(16)17-13(2,3)4/h1,11H,6-10H2,2-4H3. The summed E-state index contributed by atoms with van der Waals surface area (Å²) in [4.78, 5) is 23.4. The summed E-state index contributed by atoms with van der Waals surface area (Å²) in [6, 6.07) is 0. The largest absolute Gasteiger partial charge is 0.443 e. The average molecular weight is 239 g/mol. The lowest BCUT2D eigenvalue weighted by Crippen LogP contribution is -2.36. The lowest BCUT2D eigenvalue weighted by molar-refractivity contribution is -0.117. The van der Waals surface area contributed by atoms with Crippen molar-refractivity contribution in [2.45, 2.75) is 52.1 Å². The maximum atomic E-state index is 11.5. The van der Waals surface area contributed by atoms with Crippen molar-refractivity contribution in [1.82, 2.24) is 4.90 Å². The van der Waals surface area contributed by atoms with Crippen LogP contribution in [0.15, 0.2) is 0 Å². The van der Waals surface area contributed by atoms with Gasteiger partial charge in [0.15, 0.2) is 0 Å². The van der Waals surface area contributed by atoms with E-state index >= 15 is 0 Å². The summed E-state index contributed by atoms with van der Waals surface area (Å²) in [7, 11) is 0. The molecule has 4 heteroatoms. The van der Waals surface area contributed by atoms with E-state index in [0.29, 0.717) is 13.0 Å². The number of hydrogen-bond donors (Lipinski definition) is 0. The zero-order chi connectivity index (χ0) is 13.3. The Hall–Kier alpha value is -1.50. The Morgan fingerprint density at radius 1 is 1.35 bits per heavy atom. The summed E-state index contributed by atoms with van der Waals surface area (Å²) < 4.78 is 5.09. The van der Waals surface area contributed by atoms with E-state index in [2.05, 4.69) is 5.92 Å². The molecule has 0 aliphatic rings. The van der Waals surface area contributed by atoms with Gasteiger partial charge in [0.2, 0.25) is 6.41 Å². The van der Waals surface area contributed by atoms with Gasteiger partial charge in [-0.05, 0) is 33.6 Å². The molecule has 0 aromatic heterocycles. The van der Waals surface area contributed by atoms with E-state index in [1.54, 1.807) is 20.8 Å². The normalized spacial score (nSPS) is 10.5. The molecule has 17 heavy (non-hydrogen) atoms. The predicted molar refractivity (Wildman–Crippen MR) is 66.3 cm³/mol. The van der Waals surface area contributed by atoms with Crippen molar-refractivity contribution in [3.8, 4) is 12.3 Å².